The van der Waals surface area contributed by atoms with Crippen molar-refractivity contribution >= 4 is 33.2 Å². The van der Waals surface area contributed by atoms with E-state index in [1.165, 1.54) is 4.90 Å². The number of benzene rings is 1. The van der Waals surface area contributed by atoms with Crippen LogP contribution < -0.4 is 4.31 Å². The minimum absolute atomic E-state index is 0.178. The summed E-state index contributed by atoms with van der Waals surface area (Å²) < 4.78 is 63.8. The molecule has 2 rings (SSSR count). The van der Waals surface area contributed by atoms with Crippen molar-refractivity contribution in [3.8, 4) is 0 Å². The van der Waals surface area contributed by atoms with Crippen LogP contribution in [-0.2, 0) is 21.0 Å². The van der Waals surface area contributed by atoms with E-state index in [1.807, 2.05) is 6.92 Å². The lowest BCUT2D eigenvalue weighted by Gasteiger charge is -2.33. The van der Waals surface area contributed by atoms with E-state index < -0.39 is 34.2 Å². The SMILES string of the molecule is C[C@@H]1CCCN(C(=O)CN(c2cc(C(F)(F)F)ccc2Cl)S(C)(=O)=O)C1. The van der Waals surface area contributed by atoms with E-state index in [9.17, 15) is 26.4 Å². The molecule has 0 bridgehead atoms. The third-order valence-corrected chi connectivity index (χ3v) is 5.68. The fraction of sp³-hybridized carbons (Fsp3) is 0.562. The van der Waals surface area contributed by atoms with Gasteiger partial charge < -0.3 is 4.90 Å². The van der Waals surface area contributed by atoms with Crippen molar-refractivity contribution in [2.45, 2.75) is 25.9 Å². The van der Waals surface area contributed by atoms with Gasteiger partial charge in [0.2, 0.25) is 15.9 Å². The van der Waals surface area contributed by atoms with Crippen molar-refractivity contribution in [1.29, 1.82) is 0 Å². The first-order valence-electron chi connectivity index (χ1n) is 8.02. The number of hydrogen-bond donors (Lipinski definition) is 0. The summed E-state index contributed by atoms with van der Waals surface area (Å²) in [6.45, 7) is 2.38. The zero-order valence-electron chi connectivity index (χ0n) is 14.4. The van der Waals surface area contributed by atoms with E-state index in [-0.39, 0.29) is 16.6 Å². The third-order valence-electron chi connectivity index (χ3n) is 4.23. The molecule has 0 aliphatic carbocycles. The zero-order chi connectivity index (χ0) is 19.7. The molecule has 0 spiro atoms. The highest BCUT2D eigenvalue weighted by Crippen LogP contribution is 2.36. The summed E-state index contributed by atoms with van der Waals surface area (Å²) in [5, 5.41) is -0.178. The van der Waals surface area contributed by atoms with Crippen molar-refractivity contribution in [2.75, 3.05) is 30.2 Å². The van der Waals surface area contributed by atoms with Crippen LogP contribution in [0.25, 0.3) is 0 Å². The fourth-order valence-electron chi connectivity index (χ4n) is 2.90. The minimum Gasteiger partial charge on any atom is -0.341 e. The number of hydrogen-bond acceptors (Lipinski definition) is 3. The number of sulfonamides is 1. The maximum Gasteiger partial charge on any atom is 0.416 e. The molecule has 0 saturated carbocycles. The molecule has 0 unspecified atom stereocenters. The molecule has 1 aromatic carbocycles. The molecule has 1 heterocycles. The molecule has 0 aromatic heterocycles. The van der Waals surface area contributed by atoms with Crippen molar-refractivity contribution in [3.63, 3.8) is 0 Å². The van der Waals surface area contributed by atoms with Crippen LogP contribution in [0.5, 0.6) is 0 Å². The second-order valence-electron chi connectivity index (χ2n) is 6.52. The highest BCUT2D eigenvalue weighted by atomic mass is 35.5. The van der Waals surface area contributed by atoms with E-state index in [0.717, 1.165) is 31.2 Å². The average molecular weight is 413 g/mol. The van der Waals surface area contributed by atoms with E-state index in [0.29, 0.717) is 23.5 Å². The van der Waals surface area contributed by atoms with Crippen molar-refractivity contribution in [1.82, 2.24) is 4.90 Å². The Labute approximate surface area is 155 Å². The van der Waals surface area contributed by atoms with Crippen LogP contribution in [0.3, 0.4) is 0 Å². The number of alkyl halides is 3. The molecule has 146 valence electrons. The molecule has 1 atom stereocenters. The Bertz CT molecular complexity index is 783. The third kappa shape index (κ3) is 5.03. The lowest BCUT2D eigenvalue weighted by atomic mass is 10.0. The number of rotatable bonds is 4. The molecule has 1 amide bonds. The molecule has 1 aliphatic rings. The standard InChI is InChI=1S/C16H20ClF3N2O3S/c1-11-4-3-7-21(9-11)15(23)10-22(26(2,24)25)14-8-12(16(18,19)20)5-6-13(14)17/h5-6,8,11H,3-4,7,9-10H2,1-2H3/t11-/m1/s1. The van der Waals surface area contributed by atoms with Crippen LogP contribution in [0, 0.1) is 5.92 Å². The summed E-state index contributed by atoms with van der Waals surface area (Å²) in [7, 11) is -4.02. The van der Waals surface area contributed by atoms with Gasteiger partial charge in [-0.15, -0.1) is 0 Å². The van der Waals surface area contributed by atoms with Gasteiger partial charge in [-0.3, -0.25) is 9.10 Å². The molecule has 1 saturated heterocycles. The number of carbonyl (C=O) groups excluding carboxylic acids is 1. The topological polar surface area (TPSA) is 57.7 Å². The number of likely N-dealkylation sites (tertiary alicyclic amines) is 1. The van der Waals surface area contributed by atoms with Gasteiger partial charge in [0.15, 0.2) is 0 Å². The van der Waals surface area contributed by atoms with Gasteiger partial charge in [-0.1, -0.05) is 18.5 Å². The summed E-state index contributed by atoms with van der Waals surface area (Å²) in [4.78, 5) is 14.1. The van der Waals surface area contributed by atoms with Gasteiger partial charge in [0.05, 0.1) is 22.5 Å². The Morgan fingerprint density at radius 2 is 2.04 bits per heavy atom. The zero-order valence-corrected chi connectivity index (χ0v) is 16.0. The largest absolute Gasteiger partial charge is 0.416 e. The number of anilines is 1. The van der Waals surface area contributed by atoms with E-state index in [2.05, 4.69) is 0 Å². The van der Waals surface area contributed by atoms with Gasteiger partial charge in [-0.25, -0.2) is 8.42 Å². The van der Waals surface area contributed by atoms with Crippen molar-refractivity contribution in [2.24, 2.45) is 5.92 Å². The molecule has 1 fully saturated rings. The Hall–Kier alpha value is -1.48. The molecule has 5 nitrogen and oxygen atoms in total. The summed E-state index contributed by atoms with van der Waals surface area (Å²) >= 11 is 5.94. The lowest BCUT2D eigenvalue weighted by Crippen LogP contribution is -2.46. The van der Waals surface area contributed by atoms with Crippen LogP contribution in [0.1, 0.15) is 25.3 Å². The molecule has 1 aromatic rings. The molecule has 26 heavy (non-hydrogen) atoms. The van der Waals surface area contributed by atoms with Crippen LogP contribution in [-0.4, -0.2) is 45.1 Å². The quantitative estimate of drug-likeness (QED) is 0.761. The summed E-state index contributed by atoms with van der Waals surface area (Å²) in [6.07, 6.45) is -2.06. The Morgan fingerprint density at radius 1 is 1.38 bits per heavy atom. The molecular formula is C16H20ClF3N2O3S. The van der Waals surface area contributed by atoms with Crippen LogP contribution in [0.4, 0.5) is 18.9 Å². The molecular weight excluding hydrogens is 393 g/mol. The Morgan fingerprint density at radius 3 is 2.58 bits per heavy atom. The summed E-state index contributed by atoms with van der Waals surface area (Å²) in [5.41, 5.74) is -1.40. The number of amides is 1. The van der Waals surface area contributed by atoms with Gasteiger partial charge >= 0.3 is 6.18 Å². The molecule has 0 radical (unpaired) electrons. The summed E-state index contributed by atoms with van der Waals surface area (Å²) in [6, 6.07) is 2.39. The lowest BCUT2D eigenvalue weighted by molar-refractivity contribution is -0.137. The average Bonchev–Trinajstić information content (AvgIpc) is 2.51. The Balaban J connectivity index is 2.36. The number of nitrogens with zero attached hydrogens (tertiary/aromatic N) is 2. The first kappa shape index (κ1) is 20.8. The van der Waals surface area contributed by atoms with Crippen molar-refractivity contribution in [3.05, 3.63) is 28.8 Å². The predicted molar refractivity (Wildman–Crippen MR) is 93.6 cm³/mol. The number of halogens is 4. The van der Waals surface area contributed by atoms with Gasteiger partial charge in [-0.2, -0.15) is 13.2 Å². The van der Waals surface area contributed by atoms with E-state index >= 15 is 0 Å². The molecule has 10 heteroatoms. The molecule has 0 N–H and O–H groups in total. The number of carbonyl (C=O) groups is 1. The van der Waals surface area contributed by atoms with Gasteiger partial charge in [0, 0.05) is 13.1 Å². The maximum absolute atomic E-state index is 13.0. The second-order valence-corrected chi connectivity index (χ2v) is 8.83. The molecule has 1 aliphatic heterocycles. The monoisotopic (exact) mass is 412 g/mol. The first-order valence-corrected chi connectivity index (χ1v) is 10.2. The second kappa shape index (κ2) is 7.64. The first-order chi connectivity index (χ1) is 11.9. The van der Waals surface area contributed by atoms with E-state index in [4.69, 9.17) is 11.6 Å². The maximum atomic E-state index is 13.0. The van der Waals surface area contributed by atoms with Crippen LogP contribution >= 0.6 is 11.6 Å². The van der Waals surface area contributed by atoms with Crippen molar-refractivity contribution < 1.29 is 26.4 Å². The van der Waals surface area contributed by atoms with Crippen LogP contribution in [0.15, 0.2) is 18.2 Å². The van der Waals surface area contributed by atoms with Gasteiger partial charge in [-0.05, 0) is 37.0 Å². The minimum atomic E-state index is -4.66. The van der Waals surface area contributed by atoms with E-state index in [1.54, 1.807) is 0 Å². The highest BCUT2D eigenvalue weighted by molar-refractivity contribution is 7.92. The smallest absolute Gasteiger partial charge is 0.341 e. The predicted octanol–water partition coefficient (Wildman–Crippen LogP) is 3.38. The summed E-state index contributed by atoms with van der Waals surface area (Å²) in [5.74, 6) is -0.174. The number of piperidine rings is 1. The normalized spacial score (nSPS) is 18.7. The highest BCUT2D eigenvalue weighted by Gasteiger charge is 2.33. The van der Waals surface area contributed by atoms with Crippen LogP contribution in [0.2, 0.25) is 5.02 Å². The Kier molecular flexibility index (Phi) is 6.12. The van der Waals surface area contributed by atoms with Gasteiger partial charge in [0.1, 0.15) is 6.54 Å². The fourth-order valence-corrected chi connectivity index (χ4v) is 4.02. The van der Waals surface area contributed by atoms with Gasteiger partial charge in [0.25, 0.3) is 0 Å².